The van der Waals surface area contributed by atoms with Crippen molar-refractivity contribution in [3.63, 3.8) is 0 Å². The summed E-state index contributed by atoms with van der Waals surface area (Å²) in [4.78, 5) is 2.31. The van der Waals surface area contributed by atoms with Crippen LogP contribution in [-0.4, -0.2) is 27.8 Å². The molecule has 0 radical (unpaired) electrons. The predicted molar refractivity (Wildman–Crippen MR) is 74.5 cm³/mol. The summed E-state index contributed by atoms with van der Waals surface area (Å²) in [6, 6.07) is 4.08. The van der Waals surface area contributed by atoms with E-state index in [0.717, 1.165) is 24.5 Å². The van der Waals surface area contributed by atoms with E-state index in [9.17, 15) is 0 Å². The molecule has 5 nitrogen and oxygen atoms in total. The van der Waals surface area contributed by atoms with Crippen molar-refractivity contribution in [3.8, 4) is 0 Å². The van der Waals surface area contributed by atoms with E-state index in [1.165, 1.54) is 5.56 Å². The van der Waals surface area contributed by atoms with Gasteiger partial charge >= 0.3 is 0 Å². The van der Waals surface area contributed by atoms with Crippen LogP contribution in [-0.2, 0) is 13.6 Å². The molecule has 2 aromatic rings. The second-order valence-electron chi connectivity index (χ2n) is 4.70. The summed E-state index contributed by atoms with van der Waals surface area (Å²) in [5.41, 5.74) is 8.33. The lowest BCUT2D eigenvalue weighted by atomic mass is 10.1. The molecule has 0 aliphatic carbocycles. The SMILES string of the molecule is CCN(Cc1ccco1)C(CN)c1cnn(C)c1C. The van der Waals surface area contributed by atoms with Crippen LogP contribution in [0, 0.1) is 6.92 Å². The van der Waals surface area contributed by atoms with E-state index in [-0.39, 0.29) is 6.04 Å². The first-order valence-corrected chi connectivity index (χ1v) is 6.62. The van der Waals surface area contributed by atoms with Gasteiger partial charge in [-0.25, -0.2) is 0 Å². The molecule has 2 aromatic heterocycles. The molecule has 0 aliphatic rings. The van der Waals surface area contributed by atoms with Crippen LogP contribution >= 0.6 is 0 Å². The van der Waals surface area contributed by atoms with Crippen LogP contribution in [0.4, 0.5) is 0 Å². The lowest BCUT2D eigenvalue weighted by Crippen LogP contribution is -2.33. The third-order valence-corrected chi connectivity index (χ3v) is 3.64. The van der Waals surface area contributed by atoms with Gasteiger partial charge in [-0.3, -0.25) is 9.58 Å². The zero-order valence-corrected chi connectivity index (χ0v) is 11.8. The molecule has 2 N–H and O–H groups in total. The van der Waals surface area contributed by atoms with Crippen molar-refractivity contribution in [1.82, 2.24) is 14.7 Å². The topological polar surface area (TPSA) is 60.2 Å². The maximum Gasteiger partial charge on any atom is 0.117 e. The Morgan fingerprint density at radius 2 is 2.32 bits per heavy atom. The zero-order valence-electron chi connectivity index (χ0n) is 11.8. The smallest absolute Gasteiger partial charge is 0.117 e. The summed E-state index contributed by atoms with van der Waals surface area (Å²) in [7, 11) is 1.95. The fourth-order valence-electron chi connectivity index (χ4n) is 2.36. The molecule has 0 spiro atoms. The van der Waals surface area contributed by atoms with E-state index in [1.807, 2.05) is 30.1 Å². The molecular weight excluding hydrogens is 240 g/mol. The Labute approximate surface area is 114 Å². The lowest BCUT2D eigenvalue weighted by Gasteiger charge is -2.29. The standard InChI is InChI=1S/C14H22N4O/c1-4-18(10-12-6-5-7-19-12)14(8-15)13-9-16-17(3)11(13)2/h5-7,9,14H,4,8,10,15H2,1-3H3. The highest BCUT2D eigenvalue weighted by Gasteiger charge is 2.22. The molecule has 0 aromatic carbocycles. The lowest BCUT2D eigenvalue weighted by molar-refractivity contribution is 0.187. The largest absolute Gasteiger partial charge is 0.468 e. The minimum atomic E-state index is 0.170. The zero-order chi connectivity index (χ0) is 13.8. The third kappa shape index (κ3) is 2.88. The van der Waals surface area contributed by atoms with Gasteiger partial charge in [-0.05, 0) is 25.6 Å². The fourth-order valence-corrected chi connectivity index (χ4v) is 2.36. The van der Waals surface area contributed by atoms with Crippen molar-refractivity contribution in [3.05, 3.63) is 41.6 Å². The van der Waals surface area contributed by atoms with Gasteiger partial charge in [0.15, 0.2) is 0 Å². The highest BCUT2D eigenvalue weighted by Crippen LogP contribution is 2.24. The number of hydrogen-bond donors (Lipinski definition) is 1. The second kappa shape index (κ2) is 6.04. The van der Waals surface area contributed by atoms with Crippen LogP contribution in [0.5, 0.6) is 0 Å². The van der Waals surface area contributed by atoms with Crippen LogP contribution in [0.15, 0.2) is 29.0 Å². The normalized spacial score (nSPS) is 13.1. The minimum absolute atomic E-state index is 0.170. The fraction of sp³-hybridized carbons (Fsp3) is 0.500. The highest BCUT2D eigenvalue weighted by atomic mass is 16.3. The first-order chi connectivity index (χ1) is 9.17. The van der Waals surface area contributed by atoms with Crippen molar-refractivity contribution in [2.45, 2.75) is 26.4 Å². The van der Waals surface area contributed by atoms with Gasteiger partial charge in [-0.15, -0.1) is 0 Å². The van der Waals surface area contributed by atoms with Gasteiger partial charge < -0.3 is 10.2 Å². The van der Waals surface area contributed by atoms with Crippen molar-refractivity contribution < 1.29 is 4.42 Å². The van der Waals surface area contributed by atoms with Crippen LogP contribution in [0.1, 0.15) is 30.0 Å². The number of rotatable bonds is 6. The molecule has 5 heteroatoms. The Bertz CT molecular complexity index is 504. The quantitative estimate of drug-likeness (QED) is 0.863. The molecule has 0 bridgehead atoms. The summed E-state index contributed by atoms with van der Waals surface area (Å²) in [5.74, 6) is 0.960. The number of nitrogens with zero attached hydrogens (tertiary/aromatic N) is 3. The summed E-state index contributed by atoms with van der Waals surface area (Å²) in [6.07, 6.45) is 3.62. The maximum absolute atomic E-state index is 5.98. The molecule has 0 amide bonds. The van der Waals surface area contributed by atoms with Gasteiger partial charge in [0.05, 0.1) is 25.0 Å². The Kier molecular flexibility index (Phi) is 4.39. The number of aryl methyl sites for hydroxylation is 1. The molecule has 1 unspecified atom stereocenters. The van der Waals surface area contributed by atoms with E-state index in [1.54, 1.807) is 6.26 Å². The number of nitrogens with two attached hydrogens (primary N) is 1. The van der Waals surface area contributed by atoms with Gasteiger partial charge in [0.25, 0.3) is 0 Å². The molecule has 0 aliphatic heterocycles. The van der Waals surface area contributed by atoms with Gasteiger partial charge in [-0.1, -0.05) is 6.92 Å². The number of hydrogen-bond acceptors (Lipinski definition) is 4. The Balaban J connectivity index is 2.21. The van der Waals surface area contributed by atoms with Crippen LogP contribution in [0.25, 0.3) is 0 Å². The number of aromatic nitrogens is 2. The van der Waals surface area contributed by atoms with Gasteiger partial charge in [-0.2, -0.15) is 5.10 Å². The predicted octanol–water partition coefficient (Wildman–Crippen LogP) is 1.84. The van der Waals surface area contributed by atoms with E-state index in [0.29, 0.717) is 6.54 Å². The van der Waals surface area contributed by atoms with Crippen LogP contribution < -0.4 is 5.73 Å². The van der Waals surface area contributed by atoms with Crippen molar-refractivity contribution in [2.24, 2.45) is 12.8 Å². The monoisotopic (exact) mass is 262 g/mol. The molecule has 0 saturated heterocycles. The van der Waals surface area contributed by atoms with E-state index < -0.39 is 0 Å². The van der Waals surface area contributed by atoms with Gasteiger partial charge in [0.1, 0.15) is 5.76 Å². The van der Waals surface area contributed by atoms with Gasteiger partial charge in [0.2, 0.25) is 0 Å². The summed E-state index contributed by atoms with van der Waals surface area (Å²) < 4.78 is 7.32. The molecule has 104 valence electrons. The van der Waals surface area contributed by atoms with Gasteiger partial charge in [0, 0.05) is 24.8 Å². The summed E-state index contributed by atoms with van der Waals surface area (Å²) in [6.45, 7) is 6.46. The first kappa shape index (κ1) is 13.8. The summed E-state index contributed by atoms with van der Waals surface area (Å²) in [5, 5.41) is 4.31. The molecule has 1 atom stereocenters. The first-order valence-electron chi connectivity index (χ1n) is 6.62. The number of furan rings is 1. The minimum Gasteiger partial charge on any atom is -0.468 e. The Morgan fingerprint density at radius 3 is 2.79 bits per heavy atom. The Hall–Kier alpha value is -1.59. The van der Waals surface area contributed by atoms with Crippen molar-refractivity contribution in [1.29, 1.82) is 0 Å². The maximum atomic E-state index is 5.98. The van der Waals surface area contributed by atoms with Crippen molar-refractivity contribution >= 4 is 0 Å². The average molecular weight is 262 g/mol. The van der Waals surface area contributed by atoms with E-state index in [4.69, 9.17) is 10.2 Å². The van der Waals surface area contributed by atoms with Crippen LogP contribution in [0.3, 0.4) is 0 Å². The second-order valence-corrected chi connectivity index (χ2v) is 4.70. The Morgan fingerprint density at radius 1 is 1.53 bits per heavy atom. The van der Waals surface area contributed by atoms with Crippen molar-refractivity contribution in [2.75, 3.05) is 13.1 Å². The van der Waals surface area contributed by atoms with E-state index >= 15 is 0 Å². The molecular formula is C14H22N4O. The molecule has 2 rings (SSSR count). The highest BCUT2D eigenvalue weighted by molar-refractivity contribution is 5.21. The number of likely N-dealkylation sites (N-methyl/N-ethyl adjacent to an activating group) is 1. The van der Waals surface area contributed by atoms with E-state index in [2.05, 4.69) is 23.8 Å². The van der Waals surface area contributed by atoms with Crippen LogP contribution in [0.2, 0.25) is 0 Å². The average Bonchev–Trinajstić information content (AvgIpc) is 3.03. The molecule has 2 heterocycles. The summed E-state index contributed by atoms with van der Waals surface area (Å²) >= 11 is 0. The molecule has 0 saturated carbocycles. The molecule has 19 heavy (non-hydrogen) atoms. The molecule has 0 fully saturated rings. The third-order valence-electron chi connectivity index (χ3n) is 3.64.